The Morgan fingerprint density at radius 3 is 2.55 bits per heavy atom. The Hall–Kier alpha value is -2.57. The lowest BCUT2D eigenvalue weighted by molar-refractivity contribution is -0.164. The molecule has 0 radical (unpaired) electrons. The SMILES string of the molecule is COc1ccc(CN2CC3(CCC2c2ccccc2)CCN(C(=O)O)CO3)cc1. The van der Waals surface area contributed by atoms with Crippen LogP contribution in [0.1, 0.15) is 36.4 Å². The van der Waals surface area contributed by atoms with E-state index >= 15 is 0 Å². The normalized spacial score (nSPS) is 25.1. The van der Waals surface area contributed by atoms with Crippen LogP contribution in [0.3, 0.4) is 0 Å². The average molecular weight is 396 g/mol. The van der Waals surface area contributed by atoms with Gasteiger partial charge in [-0.3, -0.25) is 9.80 Å². The smallest absolute Gasteiger partial charge is 0.409 e. The molecule has 2 aromatic rings. The predicted molar refractivity (Wildman–Crippen MR) is 110 cm³/mol. The summed E-state index contributed by atoms with van der Waals surface area (Å²) in [5.74, 6) is 0.854. The molecular weight excluding hydrogens is 368 g/mol. The third kappa shape index (κ3) is 4.38. The Bertz CT molecular complexity index is 817. The molecule has 2 aliphatic heterocycles. The van der Waals surface area contributed by atoms with Crippen LogP contribution in [0.5, 0.6) is 5.75 Å². The van der Waals surface area contributed by atoms with Gasteiger partial charge in [0, 0.05) is 25.7 Å². The van der Waals surface area contributed by atoms with Gasteiger partial charge in [-0.05, 0) is 42.5 Å². The first kappa shape index (κ1) is 19.7. The van der Waals surface area contributed by atoms with Crippen LogP contribution in [0, 0.1) is 0 Å². The van der Waals surface area contributed by atoms with E-state index in [-0.39, 0.29) is 12.3 Å². The molecule has 6 heteroatoms. The lowest BCUT2D eigenvalue weighted by Gasteiger charge is -2.50. The van der Waals surface area contributed by atoms with E-state index in [1.54, 1.807) is 7.11 Å². The van der Waals surface area contributed by atoms with Crippen molar-refractivity contribution in [1.82, 2.24) is 9.80 Å². The molecule has 154 valence electrons. The molecule has 2 heterocycles. The van der Waals surface area contributed by atoms with Crippen molar-refractivity contribution in [1.29, 1.82) is 0 Å². The van der Waals surface area contributed by atoms with E-state index in [4.69, 9.17) is 9.47 Å². The van der Waals surface area contributed by atoms with Gasteiger partial charge >= 0.3 is 6.09 Å². The van der Waals surface area contributed by atoms with Gasteiger partial charge < -0.3 is 14.6 Å². The minimum Gasteiger partial charge on any atom is -0.497 e. The van der Waals surface area contributed by atoms with E-state index in [1.165, 1.54) is 16.0 Å². The number of carbonyl (C=O) groups is 1. The molecule has 4 rings (SSSR count). The van der Waals surface area contributed by atoms with Crippen LogP contribution >= 0.6 is 0 Å². The number of methoxy groups -OCH3 is 1. The minimum atomic E-state index is -0.909. The zero-order valence-electron chi connectivity index (χ0n) is 16.8. The summed E-state index contributed by atoms with van der Waals surface area (Å²) in [6.07, 6.45) is 1.76. The topological polar surface area (TPSA) is 62.2 Å². The van der Waals surface area contributed by atoms with E-state index in [9.17, 15) is 9.90 Å². The van der Waals surface area contributed by atoms with E-state index < -0.39 is 6.09 Å². The van der Waals surface area contributed by atoms with Gasteiger partial charge in [0.2, 0.25) is 0 Å². The van der Waals surface area contributed by atoms with Gasteiger partial charge in [0.15, 0.2) is 0 Å². The number of nitrogens with zero attached hydrogens (tertiary/aromatic N) is 2. The highest BCUT2D eigenvalue weighted by Crippen LogP contribution is 2.41. The van der Waals surface area contributed by atoms with Gasteiger partial charge in [0.05, 0.1) is 12.7 Å². The van der Waals surface area contributed by atoms with Crippen LogP contribution < -0.4 is 4.74 Å². The second-order valence-electron chi connectivity index (χ2n) is 7.97. The number of hydrogen-bond acceptors (Lipinski definition) is 4. The summed E-state index contributed by atoms with van der Waals surface area (Å²) in [5.41, 5.74) is 2.27. The van der Waals surface area contributed by atoms with Crippen LogP contribution in [-0.2, 0) is 11.3 Å². The molecule has 2 aromatic carbocycles. The predicted octanol–water partition coefficient (Wildman–Crippen LogP) is 4.13. The van der Waals surface area contributed by atoms with E-state index in [1.807, 2.05) is 18.2 Å². The first-order chi connectivity index (χ1) is 14.1. The second kappa shape index (κ2) is 8.43. The molecule has 0 aromatic heterocycles. The lowest BCUT2D eigenvalue weighted by Crippen LogP contribution is -2.56. The average Bonchev–Trinajstić information content (AvgIpc) is 2.75. The fourth-order valence-corrected chi connectivity index (χ4v) is 4.49. The zero-order valence-corrected chi connectivity index (χ0v) is 16.8. The fraction of sp³-hybridized carbons (Fsp3) is 0.435. The lowest BCUT2D eigenvalue weighted by atomic mass is 9.82. The molecule has 1 amide bonds. The summed E-state index contributed by atoms with van der Waals surface area (Å²) >= 11 is 0. The fourth-order valence-electron chi connectivity index (χ4n) is 4.49. The Kier molecular flexibility index (Phi) is 5.74. The van der Waals surface area contributed by atoms with Crippen LogP contribution in [0.25, 0.3) is 0 Å². The number of piperidine rings is 1. The molecule has 0 saturated carbocycles. The molecule has 1 N–H and O–H groups in total. The summed E-state index contributed by atoms with van der Waals surface area (Å²) in [7, 11) is 1.68. The first-order valence-electron chi connectivity index (χ1n) is 10.1. The van der Waals surface area contributed by atoms with Gasteiger partial charge in [0.25, 0.3) is 0 Å². The third-order valence-electron chi connectivity index (χ3n) is 6.17. The molecule has 2 atom stereocenters. The van der Waals surface area contributed by atoms with Crippen molar-refractivity contribution in [2.75, 3.05) is 26.9 Å². The number of benzene rings is 2. The zero-order chi connectivity index (χ0) is 20.3. The molecule has 2 saturated heterocycles. The molecule has 1 spiro atoms. The van der Waals surface area contributed by atoms with Crippen LogP contribution in [0.2, 0.25) is 0 Å². The number of likely N-dealkylation sites (tertiary alicyclic amines) is 1. The van der Waals surface area contributed by atoms with Crippen molar-refractivity contribution >= 4 is 6.09 Å². The van der Waals surface area contributed by atoms with Crippen LogP contribution in [0.15, 0.2) is 54.6 Å². The maximum absolute atomic E-state index is 11.2. The first-order valence-corrected chi connectivity index (χ1v) is 10.1. The highest BCUT2D eigenvalue weighted by Gasteiger charge is 2.43. The number of rotatable bonds is 4. The van der Waals surface area contributed by atoms with Gasteiger partial charge in [-0.2, -0.15) is 0 Å². The van der Waals surface area contributed by atoms with Gasteiger partial charge in [-0.15, -0.1) is 0 Å². The van der Waals surface area contributed by atoms with E-state index in [0.717, 1.165) is 38.1 Å². The molecule has 29 heavy (non-hydrogen) atoms. The Morgan fingerprint density at radius 2 is 1.93 bits per heavy atom. The number of ether oxygens (including phenoxy) is 2. The quantitative estimate of drug-likeness (QED) is 0.842. The Morgan fingerprint density at radius 1 is 1.17 bits per heavy atom. The Labute approximate surface area is 171 Å². The summed E-state index contributed by atoms with van der Waals surface area (Å²) < 4.78 is 11.4. The van der Waals surface area contributed by atoms with Gasteiger partial charge in [0.1, 0.15) is 12.5 Å². The number of hydrogen-bond donors (Lipinski definition) is 1. The molecule has 0 bridgehead atoms. The molecular formula is C23H28N2O4. The second-order valence-corrected chi connectivity index (χ2v) is 7.97. The maximum Gasteiger partial charge on any atom is 0.409 e. The van der Waals surface area contributed by atoms with Gasteiger partial charge in [-0.1, -0.05) is 42.5 Å². The summed E-state index contributed by atoms with van der Waals surface area (Å²) in [5, 5.41) is 9.23. The Balaban J connectivity index is 1.54. The van der Waals surface area contributed by atoms with Crippen molar-refractivity contribution in [2.24, 2.45) is 0 Å². The molecule has 2 aliphatic rings. The van der Waals surface area contributed by atoms with E-state index in [2.05, 4.69) is 41.3 Å². The third-order valence-corrected chi connectivity index (χ3v) is 6.17. The van der Waals surface area contributed by atoms with Crippen LogP contribution in [-0.4, -0.2) is 53.5 Å². The van der Waals surface area contributed by atoms with E-state index in [0.29, 0.717) is 12.6 Å². The van der Waals surface area contributed by atoms with Crippen molar-refractivity contribution in [3.63, 3.8) is 0 Å². The van der Waals surface area contributed by atoms with Crippen molar-refractivity contribution in [3.05, 3.63) is 65.7 Å². The maximum atomic E-state index is 11.2. The van der Waals surface area contributed by atoms with Crippen molar-refractivity contribution in [3.8, 4) is 5.75 Å². The van der Waals surface area contributed by atoms with Crippen LogP contribution in [0.4, 0.5) is 4.79 Å². The minimum absolute atomic E-state index is 0.154. The number of amides is 1. The summed E-state index contributed by atoms with van der Waals surface area (Å²) in [6, 6.07) is 19.1. The molecule has 6 nitrogen and oxygen atoms in total. The highest BCUT2D eigenvalue weighted by molar-refractivity contribution is 5.64. The number of carboxylic acid groups (broad SMARTS) is 1. The molecule has 2 fully saturated rings. The molecule has 2 unspecified atom stereocenters. The standard InChI is InChI=1S/C23H28N2O4/c1-28-20-9-7-18(8-10-20)15-25-16-23(13-14-24(17-29-23)22(26)27)12-11-21(25)19-5-3-2-4-6-19/h2-10,21H,11-17H2,1H3,(H,26,27). The van der Waals surface area contributed by atoms with Gasteiger partial charge in [-0.25, -0.2) is 4.79 Å². The highest BCUT2D eigenvalue weighted by atomic mass is 16.5. The van der Waals surface area contributed by atoms with Crippen molar-refractivity contribution in [2.45, 2.75) is 37.5 Å². The summed E-state index contributed by atoms with van der Waals surface area (Å²) in [4.78, 5) is 15.1. The summed E-state index contributed by atoms with van der Waals surface area (Å²) in [6.45, 7) is 2.30. The molecule has 0 aliphatic carbocycles. The monoisotopic (exact) mass is 396 g/mol. The largest absolute Gasteiger partial charge is 0.497 e. The van der Waals surface area contributed by atoms with Crippen molar-refractivity contribution < 1.29 is 19.4 Å².